The molecule has 0 amide bonds. The summed E-state index contributed by atoms with van der Waals surface area (Å²) < 4.78 is 49.8. The molecule has 0 radical (unpaired) electrons. The predicted octanol–water partition coefficient (Wildman–Crippen LogP) is 0.265. The molecular formula is C5H10F4N4O6. The maximum Gasteiger partial charge on any atom is 0.294 e. The minimum atomic E-state index is -3.30. The predicted molar refractivity (Wildman–Crippen MR) is 48.5 cm³/mol. The lowest BCUT2D eigenvalue weighted by Crippen LogP contribution is -2.50. The molecule has 0 saturated heterocycles. The molecule has 0 heterocycles. The van der Waals surface area contributed by atoms with Gasteiger partial charge in [0.15, 0.2) is 0 Å². The molecule has 19 heavy (non-hydrogen) atoms. The molecule has 0 aromatic carbocycles. The standard InChI is InChI=1S/C5H8F4N4O5.H2O/c6-11(7)5(12(8)9,1-3-10(14)15)2-4-18-13(16)17;/h1-4H2;1H2. The molecule has 0 aliphatic rings. The summed E-state index contributed by atoms with van der Waals surface area (Å²) in [6, 6.07) is 0. The summed E-state index contributed by atoms with van der Waals surface area (Å²) in [7, 11) is 0. The lowest BCUT2D eigenvalue weighted by molar-refractivity contribution is -0.758. The van der Waals surface area contributed by atoms with Crippen LogP contribution in [0.1, 0.15) is 12.8 Å². The van der Waals surface area contributed by atoms with Crippen molar-refractivity contribution in [3.63, 3.8) is 0 Å². The maximum absolute atomic E-state index is 12.4. The smallest absolute Gasteiger partial charge is 0.294 e. The van der Waals surface area contributed by atoms with Crippen LogP contribution in [0.3, 0.4) is 0 Å². The number of hydrogen-bond acceptors (Lipinski definition) is 7. The Balaban J connectivity index is 0. The van der Waals surface area contributed by atoms with Crippen LogP contribution in [0.15, 0.2) is 0 Å². The Morgan fingerprint density at radius 3 is 1.84 bits per heavy atom. The third-order valence-electron chi connectivity index (χ3n) is 2.02. The first-order chi connectivity index (χ1) is 8.22. The van der Waals surface area contributed by atoms with Gasteiger partial charge in [0.2, 0.25) is 12.2 Å². The second-order valence-electron chi connectivity index (χ2n) is 3.06. The summed E-state index contributed by atoms with van der Waals surface area (Å²) in [6.45, 7) is -2.22. The number of nitrogens with zero attached hydrogens (tertiary/aromatic N) is 4. The zero-order chi connectivity index (χ0) is 14.3. The average molecular weight is 298 g/mol. The van der Waals surface area contributed by atoms with Crippen molar-refractivity contribution in [2.75, 3.05) is 13.2 Å². The van der Waals surface area contributed by atoms with Crippen molar-refractivity contribution in [1.29, 1.82) is 0 Å². The van der Waals surface area contributed by atoms with Crippen LogP contribution in [0, 0.1) is 20.2 Å². The Morgan fingerprint density at radius 1 is 1.05 bits per heavy atom. The van der Waals surface area contributed by atoms with Gasteiger partial charge in [-0.15, -0.1) is 10.1 Å². The zero-order valence-electron chi connectivity index (χ0n) is 9.17. The fraction of sp³-hybridized carbons (Fsp3) is 1.00. The molecule has 0 aromatic heterocycles. The van der Waals surface area contributed by atoms with Crippen LogP contribution in [-0.2, 0) is 4.84 Å². The summed E-state index contributed by atoms with van der Waals surface area (Å²) in [5.74, 6) is 0. The highest BCUT2D eigenvalue weighted by atomic mass is 19.4. The fourth-order valence-electron chi connectivity index (χ4n) is 1.07. The Labute approximate surface area is 102 Å². The van der Waals surface area contributed by atoms with Crippen LogP contribution in [0.25, 0.3) is 0 Å². The van der Waals surface area contributed by atoms with Gasteiger partial charge in [-0.1, -0.05) is 17.9 Å². The first-order valence-corrected chi connectivity index (χ1v) is 4.35. The summed E-state index contributed by atoms with van der Waals surface area (Å²) in [5.41, 5.74) is -3.30. The van der Waals surface area contributed by atoms with Crippen LogP contribution < -0.4 is 0 Å². The summed E-state index contributed by atoms with van der Waals surface area (Å²) >= 11 is 0. The lowest BCUT2D eigenvalue weighted by atomic mass is 10.0. The van der Waals surface area contributed by atoms with Crippen molar-refractivity contribution in [1.82, 2.24) is 10.7 Å². The molecule has 0 aromatic rings. The molecular weight excluding hydrogens is 288 g/mol. The normalized spacial score (nSPS) is 11.3. The molecule has 14 heteroatoms. The van der Waals surface area contributed by atoms with Gasteiger partial charge in [0.05, 0.1) is 13.0 Å². The fourth-order valence-corrected chi connectivity index (χ4v) is 1.07. The largest absolute Gasteiger partial charge is 0.412 e. The first-order valence-electron chi connectivity index (χ1n) is 4.35. The summed E-state index contributed by atoms with van der Waals surface area (Å²) in [4.78, 5) is 22.4. The highest BCUT2D eigenvalue weighted by Gasteiger charge is 2.48. The molecule has 114 valence electrons. The van der Waals surface area contributed by atoms with Crippen molar-refractivity contribution in [3.05, 3.63) is 20.2 Å². The zero-order valence-corrected chi connectivity index (χ0v) is 9.17. The third kappa shape index (κ3) is 6.07. The summed E-state index contributed by atoms with van der Waals surface area (Å²) in [5, 5.41) is 14.6. The van der Waals surface area contributed by atoms with Gasteiger partial charge in [-0.25, -0.2) is 0 Å². The number of halogens is 4. The SMILES string of the molecule is O.O=[N+]([O-])CCC(CCO[N+](=O)[O-])(N(F)F)N(F)F. The molecule has 0 spiro atoms. The minimum Gasteiger partial charge on any atom is -0.412 e. The van der Waals surface area contributed by atoms with Gasteiger partial charge < -0.3 is 10.3 Å². The van der Waals surface area contributed by atoms with E-state index in [2.05, 4.69) is 4.84 Å². The van der Waals surface area contributed by atoms with E-state index >= 15 is 0 Å². The van der Waals surface area contributed by atoms with Gasteiger partial charge in [-0.2, -0.15) is 0 Å². The molecule has 0 bridgehead atoms. The molecule has 0 fully saturated rings. The van der Waals surface area contributed by atoms with Gasteiger partial charge in [-0.05, 0) is 0 Å². The average Bonchev–Trinajstić information content (AvgIpc) is 2.21. The second kappa shape index (κ2) is 8.33. The lowest BCUT2D eigenvalue weighted by Gasteiger charge is -2.30. The van der Waals surface area contributed by atoms with Crippen molar-refractivity contribution in [2.45, 2.75) is 18.5 Å². The third-order valence-corrected chi connectivity index (χ3v) is 2.02. The van der Waals surface area contributed by atoms with E-state index in [0.29, 0.717) is 0 Å². The number of nitro groups is 1. The van der Waals surface area contributed by atoms with Gasteiger partial charge in [0, 0.05) is 22.0 Å². The summed E-state index contributed by atoms with van der Waals surface area (Å²) in [6.07, 6.45) is -2.43. The van der Waals surface area contributed by atoms with E-state index in [4.69, 9.17) is 0 Å². The van der Waals surface area contributed by atoms with Gasteiger partial charge in [-0.3, -0.25) is 10.1 Å². The van der Waals surface area contributed by atoms with E-state index in [1.807, 2.05) is 0 Å². The quantitative estimate of drug-likeness (QED) is 0.196. The maximum atomic E-state index is 12.4. The molecule has 0 rings (SSSR count). The highest BCUT2D eigenvalue weighted by molar-refractivity contribution is 4.77. The van der Waals surface area contributed by atoms with Gasteiger partial charge in [0.1, 0.15) is 0 Å². The second-order valence-corrected chi connectivity index (χ2v) is 3.06. The van der Waals surface area contributed by atoms with E-state index in [9.17, 15) is 38.2 Å². The molecule has 0 unspecified atom stereocenters. The van der Waals surface area contributed by atoms with Crippen molar-refractivity contribution < 1.29 is 38.2 Å². The first kappa shape index (κ1) is 19.5. The van der Waals surface area contributed by atoms with Crippen LogP contribution >= 0.6 is 0 Å². The van der Waals surface area contributed by atoms with E-state index in [1.54, 1.807) is 0 Å². The van der Waals surface area contributed by atoms with Crippen LogP contribution in [0.4, 0.5) is 17.9 Å². The Bertz CT molecular complexity index is 297. The molecule has 0 atom stereocenters. The van der Waals surface area contributed by atoms with Crippen LogP contribution in [-0.4, -0.2) is 45.0 Å². The van der Waals surface area contributed by atoms with Gasteiger partial charge in [0.25, 0.3) is 5.09 Å². The Kier molecular flexibility index (Phi) is 8.56. The van der Waals surface area contributed by atoms with Crippen molar-refractivity contribution in [3.8, 4) is 0 Å². The van der Waals surface area contributed by atoms with E-state index in [0.717, 1.165) is 0 Å². The number of hydrogen-bond donors (Lipinski definition) is 0. The molecule has 10 nitrogen and oxygen atoms in total. The number of rotatable bonds is 9. The van der Waals surface area contributed by atoms with Gasteiger partial charge >= 0.3 is 0 Å². The molecule has 0 saturated carbocycles. The van der Waals surface area contributed by atoms with E-state index < -0.39 is 52.4 Å². The Morgan fingerprint density at radius 2 is 1.53 bits per heavy atom. The van der Waals surface area contributed by atoms with Crippen molar-refractivity contribution >= 4 is 0 Å². The van der Waals surface area contributed by atoms with Crippen LogP contribution in [0.5, 0.6) is 0 Å². The van der Waals surface area contributed by atoms with E-state index in [1.165, 1.54) is 0 Å². The molecule has 2 N–H and O–H groups in total. The van der Waals surface area contributed by atoms with Crippen molar-refractivity contribution in [2.24, 2.45) is 0 Å². The molecule has 0 aliphatic carbocycles. The Hall–Kier alpha value is -1.80. The monoisotopic (exact) mass is 298 g/mol. The highest BCUT2D eigenvalue weighted by Crippen LogP contribution is 2.31. The molecule has 0 aliphatic heterocycles. The minimum absolute atomic E-state index is 0. The van der Waals surface area contributed by atoms with Crippen LogP contribution in [0.2, 0.25) is 0 Å². The topological polar surface area (TPSA) is 133 Å². The van der Waals surface area contributed by atoms with E-state index in [-0.39, 0.29) is 5.48 Å².